The number of anilines is 1. The molecule has 2 atom stereocenters. The van der Waals surface area contributed by atoms with E-state index in [9.17, 15) is 0 Å². The molecule has 1 saturated heterocycles. The van der Waals surface area contributed by atoms with Crippen molar-refractivity contribution >= 4 is 5.82 Å². The van der Waals surface area contributed by atoms with Gasteiger partial charge in [-0.3, -0.25) is 0 Å². The fourth-order valence-corrected chi connectivity index (χ4v) is 3.63. The normalized spacial score (nSPS) is 29.1. The van der Waals surface area contributed by atoms with Gasteiger partial charge in [-0.25, -0.2) is 9.97 Å². The Hall–Kier alpha value is -1.81. The third kappa shape index (κ3) is 2.12. The van der Waals surface area contributed by atoms with Gasteiger partial charge in [0.05, 0.1) is 0 Å². The largest absolute Gasteiger partial charge is 0.356 e. The molecule has 19 heavy (non-hydrogen) atoms. The van der Waals surface area contributed by atoms with Crippen LogP contribution < -0.4 is 4.90 Å². The minimum absolute atomic E-state index is 0.172. The van der Waals surface area contributed by atoms with Crippen molar-refractivity contribution in [3.8, 4) is 0 Å². The molecule has 2 unspecified atom stereocenters. The zero-order chi connectivity index (χ0) is 13.3. The average Bonchev–Trinajstić information content (AvgIpc) is 2.93. The lowest BCUT2D eigenvalue weighted by molar-refractivity contribution is 0.282. The summed E-state index contributed by atoms with van der Waals surface area (Å²) in [5.41, 5.74) is 9.75. The van der Waals surface area contributed by atoms with Crippen LogP contribution in [0.1, 0.15) is 25.0 Å². The van der Waals surface area contributed by atoms with Gasteiger partial charge in [0.25, 0.3) is 0 Å². The highest BCUT2D eigenvalue weighted by atomic mass is 15.2. The second kappa shape index (κ2) is 4.70. The molecule has 0 N–H and O–H groups in total. The lowest BCUT2D eigenvalue weighted by Gasteiger charge is -2.26. The molecule has 6 nitrogen and oxygen atoms in total. The summed E-state index contributed by atoms with van der Waals surface area (Å²) in [4.78, 5) is 13.8. The van der Waals surface area contributed by atoms with Crippen molar-refractivity contribution in [1.29, 1.82) is 0 Å². The van der Waals surface area contributed by atoms with Crippen molar-refractivity contribution < 1.29 is 0 Å². The van der Waals surface area contributed by atoms with Crippen molar-refractivity contribution in [3.63, 3.8) is 0 Å². The molecule has 1 aromatic rings. The first-order chi connectivity index (χ1) is 9.23. The molecule has 0 aromatic carbocycles. The number of hydrogen-bond donors (Lipinski definition) is 0. The third-order valence-corrected chi connectivity index (χ3v) is 4.60. The van der Waals surface area contributed by atoms with Crippen molar-refractivity contribution in [2.24, 2.45) is 16.4 Å². The number of rotatable bonds is 3. The molecule has 1 aliphatic heterocycles. The summed E-state index contributed by atoms with van der Waals surface area (Å²) in [6.45, 7) is 4.58. The maximum atomic E-state index is 8.59. The highest BCUT2D eigenvalue weighted by Gasteiger charge is 2.49. The Morgan fingerprint density at radius 3 is 3.26 bits per heavy atom. The molecule has 1 aromatic heterocycles. The molecule has 2 aliphatic rings. The number of hydrogen-bond acceptors (Lipinski definition) is 4. The lowest BCUT2D eigenvalue weighted by Crippen LogP contribution is -2.30. The molecule has 0 bridgehead atoms. The Labute approximate surface area is 112 Å². The van der Waals surface area contributed by atoms with Crippen LogP contribution in [0.5, 0.6) is 0 Å². The second-order valence-corrected chi connectivity index (χ2v) is 5.74. The Morgan fingerprint density at radius 1 is 1.58 bits per heavy atom. The van der Waals surface area contributed by atoms with Gasteiger partial charge in [0.1, 0.15) is 12.1 Å². The zero-order valence-corrected chi connectivity index (χ0v) is 11.2. The second-order valence-electron chi connectivity index (χ2n) is 5.74. The van der Waals surface area contributed by atoms with Gasteiger partial charge in [-0.15, -0.1) is 0 Å². The standard InChI is InChI=1S/C13H18N6/c1-10-5-12(16-9-15-10)19-6-11-3-2-4-13(11,8-19)7-17-18-14/h5,9,11H,2-4,6-8H2,1H3. The van der Waals surface area contributed by atoms with Crippen LogP contribution in [0.25, 0.3) is 10.4 Å². The molecule has 3 rings (SSSR count). The van der Waals surface area contributed by atoms with Gasteiger partial charge in [-0.2, -0.15) is 0 Å². The number of fused-ring (bicyclic) bond motifs is 1. The molecule has 1 saturated carbocycles. The molecule has 100 valence electrons. The van der Waals surface area contributed by atoms with Crippen molar-refractivity contribution in [3.05, 3.63) is 28.5 Å². The van der Waals surface area contributed by atoms with E-state index >= 15 is 0 Å². The van der Waals surface area contributed by atoms with Gasteiger partial charge in [0, 0.05) is 36.3 Å². The summed E-state index contributed by atoms with van der Waals surface area (Å²) in [6, 6.07) is 2.03. The van der Waals surface area contributed by atoms with Gasteiger partial charge in [0.2, 0.25) is 0 Å². The summed E-state index contributed by atoms with van der Waals surface area (Å²) in [6.07, 6.45) is 5.28. The predicted octanol–water partition coefficient (Wildman–Crippen LogP) is 2.70. The lowest BCUT2D eigenvalue weighted by atomic mass is 9.81. The smallest absolute Gasteiger partial charge is 0.132 e. The topological polar surface area (TPSA) is 77.8 Å². The number of aromatic nitrogens is 2. The SMILES string of the molecule is Cc1cc(N2CC3CCCC3(CN=[N+]=[N-])C2)ncn1. The quantitative estimate of drug-likeness (QED) is 0.475. The van der Waals surface area contributed by atoms with Gasteiger partial charge in [-0.1, -0.05) is 11.5 Å². The fraction of sp³-hybridized carbons (Fsp3) is 0.692. The molecule has 0 radical (unpaired) electrons. The summed E-state index contributed by atoms with van der Waals surface area (Å²) in [7, 11) is 0. The van der Waals surface area contributed by atoms with E-state index < -0.39 is 0 Å². The Kier molecular flexibility index (Phi) is 3.03. The maximum Gasteiger partial charge on any atom is 0.132 e. The first kappa shape index (κ1) is 12.2. The maximum absolute atomic E-state index is 8.59. The van der Waals surface area contributed by atoms with Crippen molar-refractivity contribution in [2.75, 3.05) is 24.5 Å². The summed E-state index contributed by atoms with van der Waals surface area (Å²) in [5.74, 6) is 1.63. The van der Waals surface area contributed by atoms with E-state index in [1.165, 1.54) is 12.8 Å². The Morgan fingerprint density at radius 2 is 2.47 bits per heavy atom. The molecule has 6 heteroatoms. The monoisotopic (exact) mass is 258 g/mol. The van der Waals surface area contributed by atoms with Crippen LogP contribution in [-0.4, -0.2) is 29.6 Å². The van der Waals surface area contributed by atoms with Gasteiger partial charge in [-0.05, 0) is 36.6 Å². The summed E-state index contributed by atoms with van der Waals surface area (Å²) >= 11 is 0. The van der Waals surface area contributed by atoms with E-state index in [-0.39, 0.29) is 5.41 Å². The van der Waals surface area contributed by atoms with Gasteiger partial charge >= 0.3 is 0 Å². The minimum atomic E-state index is 0.172. The molecule has 2 heterocycles. The summed E-state index contributed by atoms with van der Waals surface area (Å²) in [5, 5.41) is 3.85. The highest BCUT2D eigenvalue weighted by Crippen LogP contribution is 2.49. The molecular formula is C13H18N6. The van der Waals surface area contributed by atoms with E-state index in [0.717, 1.165) is 31.0 Å². The predicted molar refractivity (Wildman–Crippen MR) is 72.8 cm³/mol. The number of aryl methyl sites for hydroxylation is 1. The third-order valence-electron chi connectivity index (χ3n) is 4.60. The molecule has 1 aliphatic carbocycles. The van der Waals surface area contributed by atoms with Crippen LogP contribution in [0, 0.1) is 18.3 Å². The van der Waals surface area contributed by atoms with E-state index in [1.54, 1.807) is 6.33 Å². The van der Waals surface area contributed by atoms with Crippen LogP contribution in [0.2, 0.25) is 0 Å². The zero-order valence-electron chi connectivity index (χ0n) is 11.2. The van der Waals surface area contributed by atoms with E-state index in [0.29, 0.717) is 12.5 Å². The van der Waals surface area contributed by atoms with Crippen LogP contribution in [0.4, 0.5) is 5.82 Å². The van der Waals surface area contributed by atoms with E-state index in [2.05, 4.69) is 24.9 Å². The summed E-state index contributed by atoms with van der Waals surface area (Å²) < 4.78 is 0. The highest BCUT2D eigenvalue weighted by molar-refractivity contribution is 5.41. The van der Waals surface area contributed by atoms with E-state index in [1.807, 2.05) is 13.0 Å². The number of azide groups is 1. The first-order valence-corrected chi connectivity index (χ1v) is 6.78. The molecule has 0 spiro atoms. The Balaban J connectivity index is 1.83. The Bertz CT molecular complexity index is 524. The average molecular weight is 258 g/mol. The van der Waals surface area contributed by atoms with Gasteiger partial charge < -0.3 is 4.90 Å². The van der Waals surface area contributed by atoms with Crippen LogP contribution in [-0.2, 0) is 0 Å². The minimum Gasteiger partial charge on any atom is -0.356 e. The van der Waals surface area contributed by atoms with Crippen molar-refractivity contribution in [1.82, 2.24) is 9.97 Å². The number of nitrogens with zero attached hydrogens (tertiary/aromatic N) is 6. The first-order valence-electron chi connectivity index (χ1n) is 6.78. The molecule has 0 amide bonds. The van der Waals surface area contributed by atoms with E-state index in [4.69, 9.17) is 5.53 Å². The fourth-order valence-electron chi connectivity index (χ4n) is 3.63. The van der Waals surface area contributed by atoms with Crippen LogP contribution in [0.3, 0.4) is 0 Å². The van der Waals surface area contributed by atoms with Crippen LogP contribution >= 0.6 is 0 Å². The van der Waals surface area contributed by atoms with Gasteiger partial charge in [0.15, 0.2) is 0 Å². The van der Waals surface area contributed by atoms with Crippen molar-refractivity contribution in [2.45, 2.75) is 26.2 Å². The molecular weight excluding hydrogens is 240 g/mol. The van der Waals surface area contributed by atoms with Crippen LogP contribution in [0.15, 0.2) is 17.5 Å². The molecule has 2 fully saturated rings.